The van der Waals surface area contributed by atoms with Gasteiger partial charge in [0.2, 0.25) is 0 Å². The number of carbonyl (C=O) groups excluding carboxylic acids is 1. The number of aromatic nitrogens is 1. The van der Waals surface area contributed by atoms with Gasteiger partial charge in [0.25, 0.3) is 5.91 Å². The second kappa shape index (κ2) is 6.58. The zero-order chi connectivity index (χ0) is 16.4. The molecule has 2 aromatic rings. The molecular formula is C15H16Cl2N2O3. The van der Waals surface area contributed by atoms with Crippen molar-refractivity contribution in [2.45, 2.75) is 26.7 Å². The van der Waals surface area contributed by atoms with Gasteiger partial charge in [-0.2, -0.15) is 0 Å². The third kappa shape index (κ3) is 3.36. The molecule has 0 radical (unpaired) electrons. The summed E-state index contributed by atoms with van der Waals surface area (Å²) >= 11 is 11.7. The summed E-state index contributed by atoms with van der Waals surface area (Å²) in [5.74, 6) is 0.0350. The van der Waals surface area contributed by atoms with Crippen LogP contribution in [0.1, 0.15) is 40.2 Å². The zero-order valence-electron chi connectivity index (χ0n) is 12.4. The first-order chi connectivity index (χ1) is 10.3. The first kappa shape index (κ1) is 16.6. The van der Waals surface area contributed by atoms with E-state index in [9.17, 15) is 9.90 Å². The van der Waals surface area contributed by atoms with Crippen LogP contribution in [-0.4, -0.2) is 22.7 Å². The molecule has 1 amide bonds. The van der Waals surface area contributed by atoms with Gasteiger partial charge < -0.3 is 14.9 Å². The second-order valence-corrected chi connectivity index (χ2v) is 5.97. The van der Waals surface area contributed by atoms with E-state index in [0.717, 1.165) is 17.0 Å². The van der Waals surface area contributed by atoms with Crippen LogP contribution in [0.15, 0.2) is 16.7 Å². The molecular weight excluding hydrogens is 327 g/mol. The number of phenols is 1. The molecule has 1 aromatic carbocycles. The average molecular weight is 343 g/mol. The summed E-state index contributed by atoms with van der Waals surface area (Å²) in [5, 5.41) is 16.8. The molecule has 0 aliphatic carbocycles. The first-order valence-corrected chi connectivity index (χ1v) is 7.45. The van der Waals surface area contributed by atoms with Crippen molar-refractivity contribution in [1.82, 2.24) is 10.5 Å². The maximum Gasteiger partial charge on any atom is 0.256 e. The molecule has 5 nitrogen and oxygen atoms in total. The van der Waals surface area contributed by atoms with Crippen molar-refractivity contribution in [2.75, 3.05) is 6.54 Å². The van der Waals surface area contributed by atoms with E-state index in [1.807, 2.05) is 20.8 Å². The monoisotopic (exact) mass is 342 g/mol. The SMILES string of the molecule is Cc1noc(C)c1C(C)CNC(=O)c1c(O)cc(Cl)cc1Cl. The van der Waals surface area contributed by atoms with E-state index in [4.69, 9.17) is 27.7 Å². The highest BCUT2D eigenvalue weighted by molar-refractivity contribution is 6.37. The number of aromatic hydroxyl groups is 1. The molecule has 0 saturated heterocycles. The predicted octanol–water partition coefficient (Wildman–Crippen LogP) is 3.84. The van der Waals surface area contributed by atoms with Gasteiger partial charge in [-0.25, -0.2) is 0 Å². The van der Waals surface area contributed by atoms with Crippen molar-refractivity contribution in [1.29, 1.82) is 0 Å². The molecule has 2 rings (SSSR count). The van der Waals surface area contributed by atoms with Crippen LogP contribution in [0.5, 0.6) is 5.75 Å². The van der Waals surface area contributed by atoms with E-state index < -0.39 is 5.91 Å². The number of nitrogens with zero attached hydrogens (tertiary/aromatic N) is 1. The molecule has 0 fully saturated rings. The molecule has 7 heteroatoms. The van der Waals surface area contributed by atoms with Crippen LogP contribution < -0.4 is 5.32 Å². The number of halogens is 2. The molecule has 1 aromatic heterocycles. The lowest BCUT2D eigenvalue weighted by molar-refractivity contribution is 0.0949. The third-order valence-electron chi connectivity index (χ3n) is 3.41. The maximum atomic E-state index is 12.2. The lowest BCUT2D eigenvalue weighted by atomic mass is 9.99. The van der Waals surface area contributed by atoms with Gasteiger partial charge in [-0.15, -0.1) is 0 Å². The zero-order valence-corrected chi connectivity index (χ0v) is 13.9. The molecule has 0 aliphatic rings. The van der Waals surface area contributed by atoms with Crippen LogP contribution in [-0.2, 0) is 0 Å². The highest BCUT2D eigenvalue weighted by Gasteiger charge is 2.20. The molecule has 0 spiro atoms. The summed E-state index contributed by atoms with van der Waals surface area (Å²) in [4.78, 5) is 12.2. The van der Waals surface area contributed by atoms with Gasteiger partial charge >= 0.3 is 0 Å². The molecule has 0 saturated carbocycles. The van der Waals surface area contributed by atoms with Crippen LogP contribution in [0.3, 0.4) is 0 Å². The molecule has 1 unspecified atom stereocenters. The van der Waals surface area contributed by atoms with Crippen molar-refractivity contribution in [3.05, 3.63) is 44.8 Å². The number of nitrogens with one attached hydrogen (secondary N) is 1. The largest absolute Gasteiger partial charge is 0.507 e. The Balaban J connectivity index is 2.11. The highest BCUT2D eigenvalue weighted by atomic mass is 35.5. The maximum absolute atomic E-state index is 12.2. The number of benzene rings is 1. The van der Waals surface area contributed by atoms with Crippen LogP contribution in [0.2, 0.25) is 10.0 Å². The minimum Gasteiger partial charge on any atom is -0.507 e. The topological polar surface area (TPSA) is 75.4 Å². The molecule has 2 N–H and O–H groups in total. The summed E-state index contributed by atoms with van der Waals surface area (Å²) in [6.45, 7) is 6.00. The molecule has 1 heterocycles. The number of hydrogen-bond acceptors (Lipinski definition) is 4. The van der Waals surface area contributed by atoms with Crippen LogP contribution in [0.4, 0.5) is 0 Å². The molecule has 118 valence electrons. The smallest absolute Gasteiger partial charge is 0.256 e. The minimum absolute atomic E-state index is 0.0111. The third-order valence-corrected chi connectivity index (χ3v) is 3.93. The molecule has 22 heavy (non-hydrogen) atoms. The van der Waals surface area contributed by atoms with Gasteiger partial charge in [0.05, 0.1) is 16.3 Å². The van der Waals surface area contributed by atoms with Gasteiger partial charge in [0, 0.05) is 23.0 Å². The van der Waals surface area contributed by atoms with Gasteiger partial charge in [0.15, 0.2) is 0 Å². The van der Waals surface area contributed by atoms with E-state index in [0.29, 0.717) is 6.54 Å². The van der Waals surface area contributed by atoms with Crippen molar-refractivity contribution in [3.8, 4) is 5.75 Å². The summed E-state index contributed by atoms with van der Waals surface area (Å²) in [6, 6.07) is 2.69. The average Bonchev–Trinajstić information content (AvgIpc) is 2.74. The lowest BCUT2D eigenvalue weighted by Gasteiger charge is -2.14. The van der Waals surface area contributed by atoms with Crippen LogP contribution in [0, 0.1) is 13.8 Å². The van der Waals surface area contributed by atoms with E-state index in [1.165, 1.54) is 12.1 Å². The van der Waals surface area contributed by atoms with Gasteiger partial charge in [-0.1, -0.05) is 35.3 Å². The number of phenolic OH excluding ortho intramolecular Hbond substituents is 1. The fourth-order valence-corrected chi connectivity index (χ4v) is 2.98. The Bertz CT molecular complexity index is 670. The quantitative estimate of drug-likeness (QED) is 0.885. The summed E-state index contributed by atoms with van der Waals surface area (Å²) in [6.07, 6.45) is 0. The Morgan fingerprint density at radius 3 is 2.64 bits per heavy atom. The number of rotatable bonds is 4. The molecule has 0 aliphatic heterocycles. The number of amides is 1. The fraction of sp³-hybridized carbons (Fsp3) is 0.333. The normalized spacial score (nSPS) is 12.2. The number of carbonyl (C=O) groups is 1. The molecule has 0 bridgehead atoms. The summed E-state index contributed by atoms with van der Waals surface area (Å²) in [7, 11) is 0. The van der Waals surface area contributed by atoms with Crippen molar-refractivity contribution in [3.63, 3.8) is 0 Å². The second-order valence-electron chi connectivity index (χ2n) is 5.13. The summed E-state index contributed by atoms with van der Waals surface area (Å²) < 4.78 is 5.12. The number of aryl methyl sites for hydroxylation is 2. The Kier molecular flexibility index (Phi) is 4.98. The van der Waals surface area contributed by atoms with E-state index >= 15 is 0 Å². The first-order valence-electron chi connectivity index (χ1n) is 6.70. The van der Waals surface area contributed by atoms with Gasteiger partial charge in [0.1, 0.15) is 11.5 Å². The number of hydrogen-bond donors (Lipinski definition) is 2. The Morgan fingerprint density at radius 1 is 1.41 bits per heavy atom. The molecule has 1 atom stereocenters. The standard InChI is InChI=1S/C15H16Cl2N2O3/c1-7(13-8(2)19-22-9(13)3)6-18-15(21)14-11(17)4-10(16)5-12(14)20/h4-5,7,20H,6H2,1-3H3,(H,18,21). The van der Waals surface area contributed by atoms with Crippen molar-refractivity contribution >= 4 is 29.1 Å². The minimum atomic E-state index is -0.460. The van der Waals surface area contributed by atoms with Crippen LogP contribution >= 0.6 is 23.2 Å². The van der Waals surface area contributed by atoms with E-state index in [1.54, 1.807) is 0 Å². The van der Waals surface area contributed by atoms with Gasteiger partial charge in [-0.05, 0) is 26.0 Å². The van der Waals surface area contributed by atoms with Gasteiger partial charge in [-0.3, -0.25) is 4.79 Å². The fourth-order valence-electron chi connectivity index (χ4n) is 2.41. The Labute approximate surface area is 138 Å². The van der Waals surface area contributed by atoms with Crippen molar-refractivity contribution in [2.24, 2.45) is 0 Å². The lowest BCUT2D eigenvalue weighted by Crippen LogP contribution is -2.28. The Morgan fingerprint density at radius 2 is 2.09 bits per heavy atom. The summed E-state index contributed by atoms with van der Waals surface area (Å²) in [5.41, 5.74) is 1.77. The Hall–Kier alpha value is -1.72. The van der Waals surface area contributed by atoms with Crippen molar-refractivity contribution < 1.29 is 14.4 Å². The van der Waals surface area contributed by atoms with E-state index in [-0.39, 0.29) is 27.3 Å². The van der Waals surface area contributed by atoms with E-state index in [2.05, 4.69) is 10.5 Å². The van der Waals surface area contributed by atoms with Crippen LogP contribution in [0.25, 0.3) is 0 Å². The highest BCUT2D eigenvalue weighted by Crippen LogP contribution is 2.30. The predicted molar refractivity (Wildman–Crippen MR) is 84.9 cm³/mol.